The minimum absolute atomic E-state index is 0.463. The Balaban J connectivity index is 2.83. The number of fused-ring (bicyclic) bond motifs is 1. The van der Waals surface area contributed by atoms with Crippen LogP contribution in [0.4, 0.5) is 11.6 Å². The lowest BCUT2D eigenvalue weighted by Gasteiger charge is -2.04. The lowest BCUT2D eigenvalue weighted by atomic mass is 10.3. The van der Waals surface area contributed by atoms with Crippen molar-refractivity contribution in [3.05, 3.63) is 24.4 Å². The number of nitrogens with two attached hydrogens (primary N) is 1. The van der Waals surface area contributed by atoms with Gasteiger partial charge in [0, 0.05) is 18.7 Å². The van der Waals surface area contributed by atoms with Gasteiger partial charge in [0.2, 0.25) is 0 Å². The van der Waals surface area contributed by atoms with E-state index in [4.69, 9.17) is 5.73 Å². The maximum absolute atomic E-state index is 5.66. The van der Waals surface area contributed by atoms with Crippen LogP contribution in [0.15, 0.2) is 18.8 Å². The molecule has 5 heteroatoms. The van der Waals surface area contributed by atoms with E-state index >= 15 is 0 Å². The maximum atomic E-state index is 5.66. The lowest BCUT2D eigenvalue weighted by molar-refractivity contribution is 0.945. The summed E-state index contributed by atoms with van der Waals surface area (Å²) in [5.41, 5.74) is 7.24. The molecule has 2 aromatic heterocycles. The van der Waals surface area contributed by atoms with Crippen LogP contribution in [-0.2, 0) is 0 Å². The highest BCUT2D eigenvalue weighted by atomic mass is 15.3. The van der Waals surface area contributed by atoms with Crippen molar-refractivity contribution in [2.75, 3.05) is 18.1 Å². The summed E-state index contributed by atoms with van der Waals surface area (Å²) in [5.74, 6) is 1.27. The molecular formula is C9H11N5. The van der Waals surface area contributed by atoms with Crippen LogP contribution >= 0.6 is 0 Å². The van der Waals surface area contributed by atoms with Crippen molar-refractivity contribution < 1.29 is 0 Å². The Labute approximate surface area is 81.3 Å². The van der Waals surface area contributed by atoms with E-state index in [9.17, 15) is 0 Å². The zero-order valence-corrected chi connectivity index (χ0v) is 7.86. The number of hydrogen-bond acceptors (Lipinski definition) is 4. The number of nitrogens with one attached hydrogen (secondary N) is 1. The van der Waals surface area contributed by atoms with E-state index in [1.54, 1.807) is 22.9 Å². The van der Waals surface area contributed by atoms with E-state index < -0.39 is 0 Å². The van der Waals surface area contributed by atoms with Gasteiger partial charge in [-0.15, -0.1) is 0 Å². The van der Waals surface area contributed by atoms with E-state index in [1.165, 1.54) is 0 Å². The summed E-state index contributed by atoms with van der Waals surface area (Å²) in [6.07, 6.45) is 3.41. The molecule has 0 bridgehead atoms. The van der Waals surface area contributed by atoms with Crippen LogP contribution in [0.2, 0.25) is 0 Å². The second kappa shape index (κ2) is 3.02. The molecule has 0 spiro atoms. The van der Waals surface area contributed by atoms with Crippen LogP contribution in [0.3, 0.4) is 0 Å². The molecule has 2 heterocycles. The van der Waals surface area contributed by atoms with Crippen LogP contribution in [0.1, 0.15) is 5.56 Å². The van der Waals surface area contributed by atoms with Crippen LogP contribution in [-0.4, -0.2) is 21.6 Å². The molecular weight excluding hydrogens is 178 g/mol. The average Bonchev–Trinajstić information content (AvgIpc) is 2.59. The molecule has 14 heavy (non-hydrogen) atoms. The molecule has 2 rings (SSSR count). The van der Waals surface area contributed by atoms with Gasteiger partial charge in [-0.2, -0.15) is 9.61 Å². The standard InChI is InChI=1S/C9H11N5/c1-3-6-5-12-14-8(11-2)4-7(10)13-9(6)14/h3-5,11H,1H2,2H3,(H2,10,13). The van der Waals surface area contributed by atoms with Crippen molar-refractivity contribution in [3.8, 4) is 0 Å². The Morgan fingerprint density at radius 2 is 2.43 bits per heavy atom. The van der Waals surface area contributed by atoms with Crippen molar-refractivity contribution in [2.45, 2.75) is 0 Å². The van der Waals surface area contributed by atoms with Gasteiger partial charge in [0.15, 0.2) is 5.65 Å². The fourth-order valence-electron chi connectivity index (χ4n) is 1.32. The quantitative estimate of drug-likeness (QED) is 0.739. The van der Waals surface area contributed by atoms with Crippen LogP contribution < -0.4 is 11.1 Å². The Morgan fingerprint density at radius 1 is 1.64 bits per heavy atom. The Morgan fingerprint density at radius 3 is 3.07 bits per heavy atom. The predicted molar refractivity (Wildman–Crippen MR) is 57.0 cm³/mol. The van der Waals surface area contributed by atoms with Crippen molar-refractivity contribution in [2.24, 2.45) is 0 Å². The maximum Gasteiger partial charge on any atom is 0.166 e. The summed E-state index contributed by atoms with van der Waals surface area (Å²) in [6.45, 7) is 3.68. The molecule has 3 N–H and O–H groups in total. The van der Waals surface area contributed by atoms with E-state index in [2.05, 4.69) is 22.0 Å². The molecule has 0 aliphatic heterocycles. The van der Waals surface area contributed by atoms with Gasteiger partial charge in [-0.05, 0) is 0 Å². The molecule has 0 aromatic carbocycles. The second-order valence-corrected chi connectivity index (χ2v) is 2.86. The third-order valence-corrected chi connectivity index (χ3v) is 1.99. The third-order valence-electron chi connectivity index (χ3n) is 1.99. The fraction of sp³-hybridized carbons (Fsp3) is 0.111. The number of aromatic nitrogens is 3. The summed E-state index contributed by atoms with van der Waals surface area (Å²) in [7, 11) is 1.81. The molecule has 0 atom stereocenters. The molecule has 2 aromatic rings. The summed E-state index contributed by atoms with van der Waals surface area (Å²) >= 11 is 0. The molecule has 0 fully saturated rings. The predicted octanol–water partition coefficient (Wildman–Crippen LogP) is 0.996. The van der Waals surface area contributed by atoms with Crippen LogP contribution in [0, 0.1) is 0 Å². The zero-order chi connectivity index (χ0) is 10.1. The van der Waals surface area contributed by atoms with Gasteiger partial charge in [0.1, 0.15) is 11.6 Å². The monoisotopic (exact) mass is 189 g/mol. The number of hydrogen-bond donors (Lipinski definition) is 2. The highest BCUT2D eigenvalue weighted by molar-refractivity contribution is 5.67. The molecule has 0 amide bonds. The molecule has 0 saturated carbocycles. The first kappa shape index (κ1) is 8.55. The lowest BCUT2D eigenvalue weighted by Crippen LogP contribution is -2.03. The Kier molecular flexibility index (Phi) is 1.85. The van der Waals surface area contributed by atoms with Crippen molar-refractivity contribution >= 4 is 23.4 Å². The van der Waals surface area contributed by atoms with Crippen molar-refractivity contribution in [1.82, 2.24) is 14.6 Å². The van der Waals surface area contributed by atoms with Crippen molar-refractivity contribution in [1.29, 1.82) is 0 Å². The molecule has 0 unspecified atom stereocenters. The van der Waals surface area contributed by atoms with Gasteiger partial charge >= 0.3 is 0 Å². The van der Waals surface area contributed by atoms with Gasteiger partial charge in [-0.1, -0.05) is 12.7 Å². The van der Waals surface area contributed by atoms with E-state index in [1.807, 2.05) is 7.05 Å². The summed E-state index contributed by atoms with van der Waals surface area (Å²) in [4.78, 5) is 4.18. The number of anilines is 2. The normalized spacial score (nSPS) is 10.4. The summed E-state index contributed by atoms with van der Waals surface area (Å²) in [6, 6.07) is 1.73. The van der Waals surface area contributed by atoms with E-state index in [-0.39, 0.29) is 0 Å². The molecule has 0 saturated heterocycles. The number of nitrogens with zero attached hydrogens (tertiary/aromatic N) is 3. The first-order valence-electron chi connectivity index (χ1n) is 4.20. The van der Waals surface area contributed by atoms with E-state index in [0.717, 1.165) is 11.4 Å². The van der Waals surface area contributed by atoms with Gasteiger partial charge in [0.05, 0.1) is 6.20 Å². The molecule has 0 aliphatic carbocycles. The van der Waals surface area contributed by atoms with Gasteiger partial charge < -0.3 is 11.1 Å². The minimum atomic E-state index is 0.463. The Bertz CT molecular complexity index is 485. The Hall–Kier alpha value is -2.04. The van der Waals surface area contributed by atoms with Crippen molar-refractivity contribution in [3.63, 3.8) is 0 Å². The summed E-state index contributed by atoms with van der Waals surface area (Å²) in [5, 5.41) is 7.16. The smallest absolute Gasteiger partial charge is 0.166 e. The molecule has 0 aliphatic rings. The topological polar surface area (TPSA) is 68.2 Å². The summed E-state index contributed by atoms with van der Waals surface area (Å²) < 4.78 is 1.69. The first-order valence-corrected chi connectivity index (χ1v) is 4.20. The number of nitrogen functional groups attached to an aromatic ring is 1. The highest BCUT2D eigenvalue weighted by Crippen LogP contribution is 2.17. The zero-order valence-electron chi connectivity index (χ0n) is 7.86. The third kappa shape index (κ3) is 1.10. The van der Waals surface area contributed by atoms with Gasteiger partial charge in [0.25, 0.3) is 0 Å². The highest BCUT2D eigenvalue weighted by Gasteiger charge is 2.06. The van der Waals surface area contributed by atoms with Crippen LogP contribution in [0.5, 0.6) is 0 Å². The first-order chi connectivity index (χ1) is 6.76. The SMILES string of the molecule is C=Cc1cnn2c(NC)cc(N)nc12. The minimum Gasteiger partial charge on any atom is -0.384 e. The second-order valence-electron chi connectivity index (χ2n) is 2.86. The largest absolute Gasteiger partial charge is 0.384 e. The average molecular weight is 189 g/mol. The van der Waals surface area contributed by atoms with Gasteiger partial charge in [-0.3, -0.25) is 0 Å². The number of rotatable bonds is 2. The van der Waals surface area contributed by atoms with E-state index in [0.29, 0.717) is 11.5 Å². The fourth-order valence-corrected chi connectivity index (χ4v) is 1.32. The van der Waals surface area contributed by atoms with Gasteiger partial charge in [-0.25, -0.2) is 4.98 Å². The molecule has 5 nitrogen and oxygen atoms in total. The molecule has 0 radical (unpaired) electrons. The molecule has 72 valence electrons. The van der Waals surface area contributed by atoms with Crippen LogP contribution in [0.25, 0.3) is 11.7 Å².